The first-order valence-electron chi connectivity index (χ1n) is 5.90. The van der Waals surface area contributed by atoms with Gasteiger partial charge in [-0.15, -0.1) is 11.3 Å². The predicted molar refractivity (Wildman–Crippen MR) is 75.4 cm³/mol. The number of ketones is 1. The number of carbonyl (C=O) groups is 2. The molecule has 0 aliphatic carbocycles. The highest BCUT2D eigenvalue weighted by Crippen LogP contribution is 2.38. The van der Waals surface area contributed by atoms with Crippen molar-refractivity contribution in [2.45, 2.75) is 26.7 Å². The Hall–Kier alpha value is -1.56. The fraction of sp³-hybridized carbons (Fsp3) is 0.500. The number of Topliss-reactive ketones (excluding diaryl/α,β-unsaturated/α-hetero) is 1. The minimum absolute atomic E-state index is 0.0591. The summed E-state index contributed by atoms with van der Waals surface area (Å²) >= 11 is 1.25. The van der Waals surface area contributed by atoms with Crippen molar-refractivity contribution in [3.63, 3.8) is 0 Å². The van der Waals surface area contributed by atoms with Crippen molar-refractivity contribution >= 4 is 33.7 Å². The zero-order valence-corrected chi connectivity index (χ0v) is 11.8. The van der Waals surface area contributed by atoms with E-state index in [9.17, 15) is 9.59 Å². The van der Waals surface area contributed by atoms with Gasteiger partial charge < -0.3 is 16.4 Å². The molecule has 1 heterocycles. The van der Waals surface area contributed by atoms with Crippen molar-refractivity contribution in [2.24, 2.45) is 5.73 Å². The summed E-state index contributed by atoms with van der Waals surface area (Å²) in [6, 6.07) is 0. The molecule has 0 radical (unpaired) electrons. The second-order valence-corrected chi connectivity index (χ2v) is 5.09. The van der Waals surface area contributed by atoms with E-state index in [0.717, 1.165) is 13.0 Å². The number of amides is 1. The monoisotopic (exact) mass is 269 g/mol. The van der Waals surface area contributed by atoms with Crippen molar-refractivity contribution in [1.29, 1.82) is 0 Å². The van der Waals surface area contributed by atoms with Crippen LogP contribution in [-0.2, 0) is 0 Å². The SMILES string of the molecule is CCCN(C)c1sc(C(=O)CC)c(N)c1C(N)=O. The van der Waals surface area contributed by atoms with Crippen molar-refractivity contribution < 1.29 is 9.59 Å². The molecule has 0 spiro atoms. The Balaban J connectivity index is 3.32. The van der Waals surface area contributed by atoms with Crippen LogP contribution in [0.5, 0.6) is 0 Å². The van der Waals surface area contributed by atoms with Gasteiger partial charge in [0.15, 0.2) is 5.78 Å². The van der Waals surface area contributed by atoms with E-state index in [1.165, 1.54) is 11.3 Å². The first-order chi connectivity index (χ1) is 8.43. The van der Waals surface area contributed by atoms with Crippen LogP contribution in [0, 0.1) is 0 Å². The fourth-order valence-electron chi connectivity index (χ4n) is 1.74. The lowest BCUT2D eigenvalue weighted by atomic mass is 10.1. The molecule has 1 aromatic heterocycles. The van der Waals surface area contributed by atoms with Gasteiger partial charge in [0, 0.05) is 20.0 Å². The number of primary amides is 1. The van der Waals surface area contributed by atoms with Crippen LogP contribution in [0.2, 0.25) is 0 Å². The van der Waals surface area contributed by atoms with Crippen molar-refractivity contribution in [2.75, 3.05) is 24.2 Å². The quantitative estimate of drug-likeness (QED) is 0.771. The fourth-order valence-corrected chi connectivity index (χ4v) is 2.97. The molecule has 1 aromatic rings. The third-order valence-corrected chi connectivity index (χ3v) is 4.01. The van der Waals surface area contributed by atoms with Crippen molar-refractivity contribution in [3.05, 3.63) is 10.4 Å². The van der Waals surface area contributed by atoms with Gasteiger partial charge in [-0.05, 0) is 6.42 Å². The van der Waals surface area contributed by atoms with Gasteiger partial charge in [0.1, 0.15) is 5.00 Å². The average Bonchev–Trinajstić information content (AvgIpc) is 2.66. The standard InChI is InChI=1S/C12H19N3O2S/c1-4-6-15(3)12-8(11(14)17)9(13)10(18-12)7(16)5-2/h4-6,13H2,1-3H3,(H2,14,17). The predicted octanol–water partition coefficient (Wildman–Crippen LogP) is 1.87. The van der Waals surface area contributed by atoms with Gasteiger partial charge in [0.05, 0.1) is 16.1 Å². The molecule has 0 atom stereocenters. The number of nitrogens with two attached hydrogens (primary N) is 2. The van der Waals surface area contributed by atoms with Crippen LogP contribution in [0.15, 0.2) is 0 Å². The lowest BCUT2D eigenvalue weighted by molar-refractivity contribution is 0.0991. The smallest absolute Gasteiger partial charge is 0.253 e. The van der Waals surface area contributed by atoms with Crippen LogP contribution in [0.3, 0.4) is 0 Å². The molecule has 0 saturated carbocycles. The molecular formula is C12H19N3O2S. The molecule has 0 aromatic carbocycles. The summed E-state index contributed by atoms with van der Waals surface area (Å²) in [7, 11) is 1.86. The zero-order chi connectivity index (χ0) is 13.9. The lowest BCUT2D eigenvalue weighted by Crippen LogP contribution is -2.21. The van der Waals surface area contributed by atoms with Crippen LogP contribution in [0.1, 0.15) is 46.7 Å². The second-order valence-electron chi connectivity index (χ2n) is 4.09. The minimum Gasteiger partial charge on any atom is -0.397 e. The van der Waals surface area contributed by atoms with Gasteiger partial charge in [-0.2, -0.15) is 0 Å². The molecule has 1 amide bonds. The van der Waals surface area contributed by atoms with E-state index >= 15 is 0 Å². The molecule has 0 saturated heterocycles. The molecule has 0 aliphatic rings. The number of nitrogens with zero attached hydrogens (tertiary/aromatic N) is 1. The number of hydrogen-bond donors (Lipinski definition) is 2. The molecule has 100 valence electrons. The van der Waals surface area contributed by atoms with Crippen LogP contribution in [0.4, 0.5) is 10.7 Å². The number of rotatable bonds is 6. The normalized spacial score (nSPS) is 10.4. The number of carbonyl (C=O) groups excluding carboxylic acids is 2. The maximum atomic E-state index is 11.8. The molecule has 0 unspecified atom stereocenters. The summed E-state index contributed by atoms with van der Waals surface area (Å²) in [5.74, 6) is -0.645. The van der Waals surface area contributed by atoms with Gasteiger partial charge in [0.2, 0.25) is 0 Å². The highest BCUT2D eigenvalue weighted by Gasteiger charge is 2.24. The number of nitrogen functional groups attached to an aromatic ring is 1. The Morgan fingerprint density at radius 2 is 1.94 bits per heavy atom. The zero-order valence-electron chi connectivity index (χ0n) is 10.9. The second kappa shape index (κ2) is 5.86. The summed E-state index contributed by atoms with van der Waals surface area (Å²) < 4.78 is 0. The largest absolute Gasteiger partial charge is 0.397 e. The van der Waals surface area contributed by atoms with E-state index < -0.39 is 5.91 Å². The van der Waals surface area contributed by atoms with E-state index in [-0.39, 0.29) is 17.0 Å². The van der Waals surface area contributed by atoms with E-state index in [1.54, 1.807) is 6.92 Å². The maximum absolute atomic E-state index is 11.8. The number of anilines is 2. The molecule has 4 N–H and O–H groups in total. The highest BCUT2D eigenvalue weighted by molar-refractivity contribution is 7.19. The van der Waals surface area contributed by atoms with Crippen LogP contribution in [-0.4, -0.2) is 25.3 Å². The van der Waals surface area contributed by atoms with Gasteiger partial charge in [-0.25, -0.2) is 0 Å². The summed E-state index contributed by atoms with van der Waals surface area (Å²) in [6.45, 7) is 4.58. The maximum Gasteiger partial charge on any atom is 0.253 e. The Kier molecular flexibility index (Phi) is 4.72. The third-order valence-electron chi connectivity index (χ3n) is 2.65. The summed E-state index contributed by atoms with van der Waals surface area (Å²) in [5.41, 5.74) is 11.7. The summed E-state index contributed by atoms with van der Waals surface area (Å²) in [5, 5.41) is 0.679. The molecule has 1 rings (SSSR count). The summed E-state index contributed by atoms with van der Waals surface area (Å²) in [4.78, 5) is 25.6. The third kappa shape index (κ3) is 2.64. The number of thiophene rings is 1. The Morgan fingerprint density at radius 1 is 1.33 bits per heavy atom. The minimum atomic E-state index is -0.586. The Bertz CT molecular complexity index is 468. The topological polar surface area (TPSA) is 89.4 Å². The first-order valence-corrected chi connectivity index (χ1v) is 6.72. The summed E-state index contributed by atoms with van der Waals surface area (Å²) in [6.07, 6.45) is 1.30. The van der Waals surface area contributed by atoms with Gasteiger partial charge in [-0.1, -0.05) is 13.8 Å². The molecular weight excluding hydrogens is 250 g/mol. The van der Waals surface area contributed by atoms with Gasteiger partial charge in [-0.3, -0.25) is 9.59 Å². The number of hydrogen-bond acceptors (Lipinski definition) is 5. The van der Waals surface area contributed by atoms with Crippen LogP contribution in [0.25, 0.3) is 0 Å². The van der Waals surface area contributed by atoms with Crippen molar-refractivity contribution in [3.8, 4) is 0 Å². The van der Waals surface area contributed by atoms with E-state index in [4.69, 9.17) is 11.5 Å². The highest BCUT2D eigenvalue weighted by atomic mass is 32.1. The van der Waals surface area contributed by atoms with Crippen LogP contribution < -0.4 is 16.4 Å². The molecule has 0 aliphatic heterocycles. The van der Waals surface area contributed by atoms with E-state index in [0.29, 0.717) is 16.3 Å². The Labute approximate surface area is 111 Å². The average molecular weight is 269 g/mol. The van der Waals surface area contributed by atoms with E-state index in [2.05, 4.69) is 0 Å². The first kappa shape index (κ1) is 14.5. The molecule has 18 heavy (non-hydrogen) atoms. The molecule has 0 bridgehead atoms. The molecule has 6 heteroatoms. The van der Waals surface area contributed by atoms with E-state index in [1.807, 2.05) is 18.9 Å². The van der Waals surface area contributed by atoms with Crippen LogP contribution >= 0.6 is 11.3 Å². The van der Waals surface area contributed by atoms with Gasteiger partial charge in [0.25, 0.3) is 5.91 Å². The van der Waals surface area contributed by atoms with Crippen molar-refractivity contribution in [1.82, 2.24) is 0 Å². The molecule has 0 fully saturated rings. The van der Waals surface area contributed by atoms with Gasteiger partial charge >= 0.3 is 0 Å². The molecule has 5 nitrogen and oxygen atoms in total. The Morgan fingerprint density at radius 3 is 2.39 bits per heavy atom. The lowest BCUT2D eigenvalue weighted by Gasteiger charge is -2.17.